The third-order valence-corrected chi connectivity index (χ3v) is 8.87. The number of ether oxygens (including phenoxy) is 1. The van der Waals surface area contributed by atoms with Gasteiger partial charge in [-0.15, -0.1) is 0 Å². The lowest BCUT2D eigenvalue weighted by Crippen LogP contribution is -2.16. The van der Waals surface area contributed by atoms with Gasteiger partial charge >= 0.3 is 7.60 Å². The number of para-hydroxylation sites is 2. The van der Waals surface area contributed by atoms with Crippen molar-refractivity contribution in [1.29, 1.82) is 0 Å². The Morgan fingerprint density at radius 3 is 1.97 bits per heavy atom. The lowest BCUT2D eigenvalue weighted by molar-refractivity contribution is 0.218. The monoisotopic (exact) mass is 499 g/mol. The van der Waals surface area contributed by atoms with Crippen molar-refractivity contribution in [2.75, 3.05) is 13.2 Å². The molecule has 0 saturated carbocycles. The lowest BCUT2D eigenvalue weighted by Gasteiger charge is -2.19. The molecule has 0 spiro atoms. The van der Waals surface area contributed by atoms with E-state index in [-0.39, 0.29) is 30.0 Å². The zero-order valence-corrected chi connectivity index (χ0v) is 20.7. The molecule has 178 valence electrons. The summed E-state index contributed by atoms with van der Waals surface area (Å²) >= 11 is 0. The van der Waals surface area contributed by atoms with Crippen molar-refractivity contribution in [3.63, 3.8) is 0 Å². The van der Waals surface area contributed by atoms with Crippen molar-refractivity contribution in [3.8, 4) is 11.5 Å². The highest BCUT2D eigenvalue weighted by molar-refractivity contribution is 7.90. The van der Waals surface area contributed by atoms with Crippen LogP contribution in [0.25, 0.3) is 10.9 Å². The first-order valence-electron chi connectivity index (χ1n) is 10.9. The summed E-state index contributed by atoms with van der Waals surface area (Å²) in [5, 5.41) is 0.570. The molecule has 0 radical (unpaired) electrons. The van der Waals surface area contributed by atoms with Crippen LogP contribution in [0.15, 0.2) is 89.8 Å². The fourth-order valence-electron chi connectivity index (χ4n) is 3.77. The molecular weight excluding hydrogens is 473 g/mol. The molecule has 0 amide bonds. The van der Waals surface area contributed by atoms with Gasteiger partial charge in [0, 0.05) is 5.39 Å². The first kappa shape index (κ1) is 24.2. The molecule has 1 heterocycles. The molecule has 0 unspecified atom stereocenters. The van der Waals surface area contributed by atoms with Crippen molar-refractivity contribution in [3.05, 3.63) is 90.6 Å². The van der Waals surface area contributed by atoms with E-state index in [2.05, 4.69) is 0 Å². The molecule has 0 atom stereocenters. The molecule has 34 heavy (non-hydrogen) atoms. The largest absolute Gasteiger partial charge is 0.455 e. The van der Waals surface area contributed by atoms with Crippen LogP contribution in [0.3, 0.4) is 0 Å². The molecule has 0 fully saturated rings. The van der Waals surface area contributed by atoms with Crippen LogP contribution in [0.1, 0.15) is 19.5 Å². The zero-order valence-electron chi connectivity index (χ0n) is 19.0. The highest BCUT2D eigenvalue weighted by Crippen LogP contribution is 2.54. The van der Waals surface area contributed by atoms with E-state index in [0.717, 1.165) is 0 Å². The van der Waals surface area contributed by atoms with Gasteiger partial charge in [0.15, 0.2) is 5.75 Å². The topological polar surface area (TPSA) is 83.8 Å². The summed E-state index contributed by atoms with van der Waals surface area (Å²) in [4.78, 5) is 0.103. The average molecular weight is 500 g/mol. The van der Waals surface area contributed by atoms with E-state index in [4.69, 9.17) is 13.8 Å². The molecular formula is C25H26NO6PS. The summed E-state index contributed by atoms with van der Waals surface area (Å²) in [6.45, 7) is 3.72. The minimum Gasteiger partial charge on any atom is -0.455 e. The van der Waals surface area contributed by atoms with Crippen molar-refractivity contribution in [2.24, 2.45) is 0 Å². The SMILES string of the molecule is CCOP(=O)(Cc1c(Oc2ccccc2)c2ccccc2n1S(=O)(=O)c1ccccc1)OCC. The van der Waals surface area contributed by atoms with Crippen molar-refractivity contribution < 1.29 is 26.8 Å². The molecule has 0 bridgehead atoms. The molecule has 4 rings (SSSR count). The second-order valence-electron chi connectivity index (χ2n) is 7.40. The predicted octanol–water partition coefficient (Wildman–Crippen LogP) is 6.44. The van der Waals surface area contributed by atoms with E-state index in [1.807, 2.05) is 18.2 Å². The van der Waals surface area contributed by atoms with Gasteiger partial charge in [-0.3, -0.25) is 4.57 Å². The average Bonchev–Trinajstić information content (AvgIpc) is 3.14. The van der Waals surface area contributed by atoms with Crippen LogP contribution in [-0.2, 0) is 29.8 Å². The second kappa shape index (κ2) is 10.2. The maximum atomic E-state index is 13.9. The maximum absolute atomic E-state index is 13.9. The zero-order chi connectivity index (χ0) is 24.2. The van der Waals surface area contributed by atoms with Crippen LogP contribution >= 0.6 is 7.60 Å². The molecule has 0 aliphatic rings. The number of hydrogen-bond acceptors (Lipinski definition) is 6. The van der Waals surface area contributed by atoms with E-state index < -0.39 is 17.6 Å². The molecule has 7 nitrogen and oxygen atoms in total. The minimum absolute atomic E-state index is 0.103. The van der Waals surface area contributed by atoms with Crippen LogP contribution < -0.4 is 4.74 Å². The highest BCUT2D eigenvalue weighted by atomic mass is 32.2. The van der Waals surface area contributed by atoms with Crippen molar-refractivity contribution >= 4 is 28.5 Å². The van der Waals surface area contributed by atoms with E-state index in [9.17, 15) is 13.0 Å². The second-order valence-corrected chi connectivity index (χ2v) is 11.2. The summed E-state index contributed by atoms with van der Waals surface area (Å²) < 4.78 is 59.8. The van der Waals surface area contributed by atoms with Gasteiger partial charge in [0.05, 0.1) is 35.5 Å². The van der Waals surface area contributed by atoms with Crippen molar-refractivity contribution in [2.45, 2.75) is 24.9 Å². The first-order chi connectivity index (χ1) is 16.4. The van der Waals surface area contributed by atoms with Gasteiger partial charge in [0.2, 0.25) is 0 Å². The first-order valence-corrected chi connectivity index (χ1v) is 14.1. The van der Waals surface area contributed by atoms with E-state index in [1.165, 1.54) is 16.1 Å². The number of nitrogens with zero attached hydrogens (tertiary/aromatic N) is 1. The number of rotatable bonds is 10. The van der Waals surface area contributed by atoms with Gasteiger partial charge in [-0.2, -0.15) is 0 Å². The Morgan fingerprint density at radius 1 is 0.794 bits per heavy atom. The van der Waals surface area contributed by atoms with Crippen LogP contribution in [0.2, 0.25) is 0 Å². The molecule has 9 heteroatoms. The van der Waals surface area contributed by atoms with Gasteiger partial charge in [-0.25, -0.2) is 12.4 Å². The van der Waals surface area contributed by atoms with E-state index >= 15 is 0 Å². The molecule has 4 aromatic rings. The van der Waals surface area contributed by atoms with Gasteiger partial charge in [0.25, 0.3) is 10.0 Å². The Labute approximate surface area is 199 Å². The normalized spacial score (nSPS) is 12.2. The number of fused-ring (bicyclic) bond motifs is 1. The van der Waals surface area contributed by atoms with Gasteiger partial charge in [-0.05, 0) is 50.2 Å². The third-order valence-electron chi connectivity index (χ3n) is 5.11. The Balaban J connectivity index is 2.02. The van der Waals surface area contributed by atoms with Gasteiger partial charge in [-0.1, -0.05) is 48.5 Å². The molecule has 1 aromatic heterocycles. The van der Waals surface area contributed by atoms with Gasteiger partial charge < -0.3 is 13.8 Å². The Bertz CT molecular complexity index is 1410. The standard InChI is InChI=1S/C25H26NO6PS/c1-3-30-33(27,31-4-2)19-24-25(32-20-13-7-5-8-14-20)22-17-11-12-18-23(22)26(24)34(28,29)21-15-9-6-10-16-21/h5-18H,3-4,19H2,1-2H3. The van der Waals surface area contributed by atoms with Crippen LogP contribution in [-0.4, -0.2) is 25.6 Å². The Kier molecular flexibility index (Phi) is 7.24. The lowest BCUT2D eigenvalue weighted by atomic mass is 10.2. The summed E-state index contributed by atoms with van der Waals surface area (Å²) in [5.74, 6) is 0.812. The fourth-order valence-corrected chi connectivity index (χ4v) is 7.13. The predicted molar refractivity (Wildman–Crippen MR) is 132 cm³/mol. The maximum Gasteiger partial charge on any atom is 0.336 e. The fraction of sp³-hybridized carbons (Fsp3) is 0.200. The molecule has 0 N–H and O–H groups in total. The molecule has 0 aliphatic heterocycles. The van der Waals surface area contributed by atoms with E-state index in [0.29, 0.717) is 22.4 Å². The summed E-state index contributed by atoms with van der Waals surface area (Å²) in [6, 6.07) is 24.2. The number of aromatic nitrogens is 1. The van der Waals surface area contributed by atoms with Crippen molar-refractivity contribution in [1.82, 2.24) is 3.97 Å². The van der Waals surface area contributed by atoms with Gasteiger partial charge in [0.1, 0.15) is 5.75 Å². The quantitative estimate of drug-likeness (QED) is 0.234. The summed E-state index contributed by atoms with van der Waals surface area (Å²) in [7, 11) is -7.75. The minimum atomic E-state index is -4.07. The van der Waals surface area contributed by atoms with E-state index in [1.54, 1.807) is 68.4 Å². The highest BCUT2D eigenvalue weighted by Gasteiger charge is 2.34. The van der Waals surface area contributed by atoms with Crippen LogP contribution in [0.4, 0.5) is 0 Å². The van der Waals surface area contributed by atoms with Crippen LogP contribution in [0, 0.1) is 0 Å². The smallest absolute Gasteiger partial charge is 0.336 e. The summed E-state index contributed by atoms with van der Waals surface area (Å²) in [6.07, 6.45) is -0.280. The molecule has 0 saturated heterocycles. The van der Waals surface area contributed by atoms with Crippen LogP contribution in [0.5, 0.6) is 11.5 Å². The molecule has 0 aliphatic carbocycles. The number of hydrogen-bond donors (Lipinski definition) is 0. The Morgan fingerprint density at radius 2 is 1.35 bits per heavy atom. The third kappa shape index (κ3) is 4.81. The summed E-state index contributed by atoms with van der Waals surface area (Å²) in [5.41, 5.74) is 0.603. The number of benzene rings is 3. The Hall–Kier alpha value is -2.90. The molecule has 3 aromatic carbocycles.